The van der Waals surface area contributed by atoms with Crippen LogP contribution in [0.25, 0.3) is 0 Å². The third-order valence-corrected chi connectivity index (χ3v) is 4.04. The van der Waals surface area contributed by atoms with E-state index in [9.17, 15) is 0 Å². The number of rotatable bonds is 2. The molecule has 2 rings (SSSR count). The van der Waals surface area contributed by atoms with E-state index in [1.165, 1.54) is 19.3 Å². The third-order valence-electron chi connectivity index (χ3n) is 4.04. The van der Waals surface area contributed by atoms with Crippen molar-refractivity contribution in [3.63, 3.8) is 0 Å². The monoisotopic (exact) mass is 169 g/mol. The van der Waals surface area contributed by atoms with Crippen molar-refractivity contribution in [2.45, 2.75) is 38.3 Å². The van der Waals surface area contributed by atoms with Crippen LogP contribution in [0.15, 0.2) is 0 Å². The summed E-state index contributed by atoms with van der Waals surface area (Å²) in [7, 11) is 3.93. The lowest BCUT2D eigenvalue weighted by atomic mass is 9.47. The van der Waals surface area contributed by atoms with Crippen molar-refractivity contribution < 1.29 is 4.74 Å². The first kappa shape index (κ1) is 8.52. The van der Waals surface area contributed by atoms with Crippen LogP contribution in [-0.2, 0) is 4.74 Å². The zero-order valence-electron chi connectivity index (χ0n) is 8.26. The minimum absolute atomic E-state index is 0.517. The molecule has 2 nitrogen and oxygen atoms in total. The normalized spacial score (nSPS) is 43.8. The smallest absolute Gasteiger partial charge is 0.0683 e. The highest BCUT2D eigenvalue weighted by molar-refractivity contribution is 5.15. The fraction of sp³-hybridized carbons (Fsp3) is 1.00. The van der Waals surface area contributed by atoms with Crippen LogP contribution in [0.5, 0.6) is 0 Å². The van der Waals surface area contributed by atoms with Gasteiger partial charge in [-0.25, -0.2) is 0 Å². The van der Waals surface area contributed by atoms with E-state index in [0.717, 1.165) is 0 Å². The molecule has 0 aromatic carbocycles. The molecule has 3 unspecified atom stereocenters. The molecular weight excluding hydrogens is 150 g/mol. The molecule has 3 atom stereocenters. The summed E-state index contributed by atoms with van der Waals surface area (Å²) in [6, 6.07) is 0.705. The highest BCUT2D eigenvalue weighted by Crippen LogP contribution is 2.59. The lowest BCUT2D eigenvalue weighted by Crippen LogP contribution is -2.71. The Bertz CT molecular complexity index is 163. The number of hydrogen-bond acceptors (Lipinski definition) is 2. The summed E-state index contributed by atoms with van der Waals surface area (Å²) < 4.78 is 5.55. The van der Waals surface area contributed by atoms with Crippen LogP contribution in [0.1, 0.15) is 26.2 Å². The Labute approximate surface area is 74.7 Å². The van der Waals surface area contributed by atoms with Gasteiger partial charge in [-0.3, -0.25) is 0 Å². The second-order valence-electron chi connectivity index (χ2n) is 4.37. The summed E-state index contributed by atoms with van der Waals surface area (Å²) in [6.45, 7) is 2.29. The van der Waals surface area contributed by atoms with Gasteiger partial charge in [0.15, 0.2) is 0 Å². The summed E-state index contributed by atoms with van der Waals surface area (Å²) in [6.07, 6.45) is 4.64. The number of ether oxygens (including phenoxy) is 1. The molecule has 12 heavy (non-hydrogen) atoms. The Morgan fingerprint density at radius 3 is 2.42 bits per heavy atom. The van der Waals surface area contributed by atoms with Gasteiger partial charge >= 0.3 is 0 Å². The van der Waals surface area contributed by atoms with E-state index in [4.69, 9.17) is 4.74 Å². The Balaban J connectivity index is 2.09. The zero-order chi connectivity index (χ0) is 8.77. The average molecular weight is 169 g/mol. The van der Waals surface area contributed by atoms with Gasteiger partial charge in [0.1, 0.15) is 0 Å². The Hall–Kier alpha value is -0.0800. The van der Waals surface area contributed by atoms with Crippen molar-refractivity contribution in [2.24, 2.45) is 11.3 Å². The second-order valence-corrected chi connectivity index (χ2v) is 4.37. The van der Waals surface area contributed by atoms with E-state index in [1.54, 1.807) is 0 Å². The van der Waals surface area contributed by atoms with E-state index in [0.29, 0.717) is 23.5 Å². The fourth-order valence-electron chi connectivity index (χ4n) is 3.46. The van der Waals surface area contributed by atoms with Crippen LogP contribution < -0.4 is 5.32 Å². The van der Waals surface area contributed by atoms with Crippen molar-refractivity contribution >= 4 is 0 Å². The minimum atomic E-state index is 0.517. The third kappa shape index (κ3) is 0.775. The first-order valence-corrected chi connectivity index (χ1v) is 4.96. The number of hydrogen-bond donors (Lipinski definition) is 1. The van der Waals surface area contributed by atoms with Crippen LogP contribution in [0.3, 0.4) is 0 Å². The molecule has 0 saturated heterocycles. The van der Waals surface area contributed by atoms with E-state index in [1.807, 2.05) is 7.11 Å². The predicted octanol–water partition coefficient (Wildman–Crippen LogP) is 1.41. The molecule has 2 saturated carbocycles. The molecule has 2 aliphatic carbocycles. The molecule has 1 spiro atoms. The topological polar surface area (TPSA) is 21.3 Å². The summed E-state index contributed by atoms with van der Waals surface area (Å²) in [4.78, 5) is 0. The van der Waals surface area contributed by atoms with Gasteiger partial charge in [0.25, 0.3) is 0 Å². The first-order chi connectivity index (χ1) is 5.76. The largest absolute Gasteiger partial charge is 0.380 e. The minimum Gasteiger partial charge on any atom is -0.380 e. The molecule has 1 N–H and O–H groups in total. The molecule has 0 bridgehead atoms. The van der Waals surface area contributed by atoms with Crippen LogP contribution in [0, 0.1) is 11.3 Å². The first-order valence-electron chi connectivity index (χ1n) is 4.96. The average Bonchev–Trinajstić information content (AvgIpc) is 1.97. The maximum atomic E-state index is 5.55. The lowest BCUT2D eigenvalue weighted by Gasteiger charge is -2.64. The molecule has 0 radical (unpaired) electrons. The second kappa shape index (κ2) is 2.71. The van der Waals surface area contributed by atoms with E-state index in [-0.39, 0.29) is 0 Å². The summed E-state index contributed by atoms with van der Waals surface area (Å²) in [5.41, 5.74) is 0.517. The maximum Gasteiger partial charge on any atom is 0.0683 e. The SMILES string of the molecule is CNC1C(C)C(OC)C12CCC2. The van der Waals surface area contributed by atoms with Gasteiger partial charge < -0.3 is 10.1 Å². The van der Waals surface area contributed by atoms with Gasteiger partial charge in [-0.2, -0.15) is 0 Å². The molecule has 0 aromatic rings. The maximum absolute atomic E-state index is 5.55. The van der Waals surface area contributed by atoms with E-state index in [2.05, 4.69) is 19.3 Å². The Morgan fingerprint density at radius 1 is 1.42 bits per heavy atom. The van der Waals surface area contributed by atoms with Crippen molar-refractivity contribution in [1.82, 2.24) is 5.32 Å². The van der Waals surface area contributed by atoms with Gasteiger partial charge in [0.05, 0.1) is 6.10 Å². The van der Waals surface area contributed by atoms with Crippen LogP contribution in [0.4, 0.5) is 0 Å². The van der Waals surface area contributed by atoms with Gasteiger partial charge in [-0.15, -0.1) is 0 Å². The van der Waals surface area contributed by atoms with Crippen molar-refractivity contribution in [2.75, 3.05) is 14.2 Å². The molecule has 0 amide bonds. The van der Waals surface area contributed by atoms with Gasteiger partial charge in [0, 0.05) is 18.6 Å². The lowest BCUT2D eigenvalue weighted by molar-refractivity contribution is -0.199. The fourth-order valence-corrected chi connectivity index (χ4v) is 3.46. The summed E-state index contributed by atoms with van der Waals surface area (Å²) in [5, 5.41) is 3.43. The Kier molecular flexibility index (Phi) is 1.92. The molecule has 2 heteroatoms. The number of nitrogens with one attached hydrogen (secondary N) is 1. The Morgan fingerprint density at radius 2 is 2.08 bits per heavy atom. The van der Waals surface area contributed by atoms with Crippen molar-refractivity contribution in [3.05, 3.63) is 0 Å². The summed E-state index contributed by atoms with van der Waals surface area (Å²) in [5.74, 6) is 0.695. The molecule has 2 fully saturated rings. The van der Waals surface area contributed by atoms with Crippen LogP contribution in [-0.4, -0.2) is 26.3 Å². The van der Waals surface area contributed by atoms with Crippen LogP contribution >= 0.6 is 0 Å². The standard InChI is InChI=1S/C10H19NO/c1-7-8(11-2)10(5-4-6-10)9(7)12-3/h7-9,11H,4-6H2,1-3H3. The quantitative estimate of drug-likeness (QED) is 0.675. The molecular formula is C10H19NO. The highest BCUT2D eigenvalue weighted by atomic mass is 16.5. The number of methoxy groups -OCH3 is 1. The molecule has 0 aliphatic heterocycles. The molecule has 2 aliphatic rings. The predicted molar refractivity (Wildman–Crippen MR) is 49.1 cm³/mol. The van der Waals surface area contributed by atoms with Crippen molar-refractivity contribution in [1.29, 1.82) is 0 Å². The summed E-state index contributed by atoms with van der Waals surface area (Å²) >= 11 is 0. The van der Waals surface area contributed by atoms with Gasteiger partial charge in [0.2, 0.25) is 0 Å². The van der Waals surface area contributed by atoms with Crippen molar-refractivity contribution in [3.8, 4) is 0 Å². The van der Waals surface area contributed by atoms with E-state index >= 15 is 0 Å². The molecule has 0 heterocycles. The van der Waals surface area contributed by atoms with E-state index < -0.39 is 0 Å². The molecule has 70 valence electrons. The van der Waals surface area contributed by atoms with Gasteiger partial charge in [-0.05, 0) is 25.8 Å². The van der Waals surface area contributed by atoms with Crippen LogP contribution in [0.2, 0.25) is 0 Å². The highest BCUT2D eigenvalue weighted by Gasteiger charge is 2.62. The molecule has 0 aromatic heterocycles. The van der Waals surface area contributed by atoms with Gasteiger partial charge in [-0.1, -0.05) is 13.3 Å². The zero-order valence-corrected chi connectivity index (χ0v) is 8.26.